The van der Waals surface area contributed by atoms with Gasteiger partial charge in [-0.1, -0.05) is 49.2 Å². The Bertz CT molecular complexity index is 874. The fraction of sp³-hybridized carbons (Fsp3) is 0.261. The maximum absolute atomic E-state index is 11.7. The van der Waals surface area contributed by atoms with E-state index >= 15 is 0 Å². The van der Waals surface area contributed by atoms with E-state index in [-0.39, 0.29) is 6.42 Å². The lowest BCUT2D eigenvalue weighted by molar-refractivity contribution is -0.183. The van der Waals surface area contributed by atoms with E-state index in [0.717, 1.165) is 48.6 Å². The van der Waals surface area contributed by atoms with Crippen LogP contribution in [0.5, 0.6) is 0 Å². The zero-order valence-electron chi connectivity index (χ0n) is 16.2. The first kappa shape index (κ1) is 20.5. The van der Waals surface area contributed by atoms with E-state index in [1.165, 1.54) is 0 Å². The number of unbranched alkanes of at least 4 members (excludes halogenated alkanes) is 3. The van der Waals surface area contributed by atoms with Crippen molar-refractivity contribution in [3.05, 3.63) is 73.1 Å². The van der Waals surface area contributed by atoms with E-state index in [2.05, 4.69) is 38.0 Å². The van der Waals surface area contributed by atoms with Crippen molar-refractivity contribution < 1.29 is 14.3 Å². The van der Waals surface area contributed by atoms with Crippen molar-refractivity contribution in [3.8, 4) is 11.1 Å². The van der Waals surface area contributed by atoms with Crippen molar-refractivity contribution in [1.29, 1.82) is 0 Å². The molecule has 2 aromatic heterocycles. The van der Waals surface area contributed by atoms with E-state index in [1.54, 1.807) is 6.20 Å². The summed E-state index contributed by atoms with van der Waals surface area (Å²) in [5, 5.41) is 0. The minimum absolute atomic E-state index is 0.114. The molecule has 0 fully saturated rings. The summed E-state index contributed by atoms with van der Waals surface area (Å²) >= 11 is 0. The number of aromatic nitrogens is 2. The van der Waals surface area contributed by atoms with Gasteiger partial charge in [0.1, 0.15) is 11.6 Å². The van der Waals surface area contributed by atoms with Crippen LogP contribution in [0, 0.1) is 0 Å². The first-order valence-corrected chi connectivity index (χ1v) is 9.79. The van der Waals surface area contributed by atoms with Crippen LogP contribution in [0.15, 0.2) is 73.1 Å². The summed E-state index contributed by atoms with van der Waals surface area (Å²) in [4.78, 5) is 25.2. The molecule has 29 heavy (non-hydrogen) atoms. The van der Waals surface area contributed by atoms with E-state index in [9.17, 15) is 9.32 Å². The second kappa shape index (κ2) is 10.9. The van der Waals surface area contributed by atoms with Crippen LogP contribution in [-0.2, 0) is 9.74 Å². The van der Waals surface area contributed by atoms with Crippen LogP contribution < -0.4 is 4.90 Å². The van der Waals surface area contributed by atoms with E-state index in [1.807, 2.05) is 48.7 Å². The smallest absolute Gasteiger partial charge is 0.311 e. The Balaban J connectivity index is 1.64. The topological polar surface area (TPSA) is 55.3 Å². The van der Waals surface area contributed by atoms with Gasteiger partial charge in [-0.25, -0.2) is 14.8 Å². The molecule has 0 saturated heterocycles. The van der Waals surface area contributed by atoms with E-state index in [4.69, 9.17) is 0 Å². The predicted octanol–water partition coefficient (Wildman–Crippen LogP) is 5.66. The number of halogens is 1. The number of hydrogen-bond donors (Lipinski definition) is 0. The largest absolute Gasteiger partial charge is 0.348 e. The predicted molar refractivity (Wildman–Crippen MR) is 111 cm³/mol. The van der Waals surface area contributed by atoms with Gasteiger partial charge < -0.3 is 4.90 Å². The molecule has 0 amide bonds. The van der Waals surface area contributed by atoms with Gasteiger partial charge in [-0.3, -0.25) is 4.94 Å². The number of nitrogens with zero attached hydrogens (tertiary/aromatic N) is 3. The summed E-state index contributed by atoms with van der Waals surface area (Å²) in [6, 6.07) is 20.0. The fourth-order valence-corrected chi connectivity index (χ4v) is 3.14. The van der Waals surface area contributed by atoms with Crippen LogP contribution in [0.25, 0.3) is 11.1 Å². The van der Waals surface area contributed by atoms with Crippen LogP contribution in [0.3, 0.4) is 0 Å². The third kappa shape index (κ3) is 6.10. The quantitative estimate of drug-likeness (QED) is 0.416. The Hall–Kier alpha value is -3.28. The summed E-state index contributed by atoms with van der Waals surface area (Å²) in [6.45, 7) is 0.752. The Morgan fingerprint density at radius 2 is 1.59 bits per heavy atom. The van der Waals surface area contributed by atoms with Gasteiger partial charge in [0.15, 0.2) is 0 Å². The Labute approximate surface area is 170 Å². The van der Waals surface area contributed by atoms with Crippen LogP contribution in [-0.4, -0.2) is 22.5 Å². The average molecular weight is 393 g/mol. The lowest BCUT2D eigenvalue weighted by Crippen LogP contribution is -2.20. The summed E-state index contributed by atoms with van der Waals surface area (Å²) in [6.07, 6.45) is 7.05. The van der Waals surface area contributed by atoms with Gasteiger partial charge >= 0.3 is 5.97 Å². The summed E-state index contributed by atoms with van der Waals surface area (Å²) < 4.78 is 11.7. The lowest BCUT2D eigenvalue weighted by Gasteiger charge is -2.23. The maximum atomic E-state index is 11.7. The molecule has 6 heteroatoms. The molecule has 5 nitrogen and oxygen atoms in total. The minimum atomic E-state index is -0.803. The number of anilines is 2. The van der Waals surface area contributed by atoms with Crippen molar-refractivity contribution >= 4 is 17.6 Å². The first-order valence-electron chi connectivity index (χ1n) is 9.79. The monoisotopic (exact) mass is 393 g/mol. The minimum Gasteiger partial charge on any atom is -0.311 e. The van der Waals surface area contributed by atoms with Gasteiger partial charge in [-0.2, -0.15) is 0 Å². The Morgan fingerprint density at radius 3 is 2.28 bits per heavy atom. The zero-order valence-corrected chi connectivity index (χ0v) is 16.2. The molecule has 1 aromatic carbocycles. The molecule has 0 unspecified atom stereocenters. The molecule has 0 saturated carbocycles. The van der Waals surface area contributed by atoms with Crippen LogP contribution in [0.2, 0.25) is 0 Å². The number of rotatable bonds is 10. The molecule has 0 radical (unpaired) electrons. The van der Waals surface area contributed by atoms with Crippen molar-refractivity contribution in [2.24, 2.45) is 0 Å². The van der Waals surface area contributed by atoms with Gasteiger partial charge in [0.25, 0.3) is 0 Å². The van der Waals surface area contributed by atoms with Crippen LogP contribution >= 0.6 is 0 Å². The molecular formula is C23H24FN3O2. The molecule has 0 atom stereocenters. The molecule has 0 aliphatic carbocycles. The van der Waals surface area contributed by atoms with Crippen molar-refractivity contribution in [2.75, 3.05) is 11.4 Å². The highest BCUT2D eigenvalue weighted by Crippen LogP contribution is 2.25. The molecule has 0 aliphatic heterocycles. The highest BCUT2D eigenvalue weighted by atomic mass is 19.3. The third-order valence-electron chi connectivity index (χ3n) is 4.66. The third-order valence-corrected chi connectivity index (χ3v) is 4.66. The van der Waals surface area contributed by atoms with Gasteiger partial charge in [-0.15, -0.1) is 0 Å². The van der Waals surface area contributed by atoms with Gasteiger partial charge in [0.05, 0.1) is 0 Å². The van der Waals surface area contributed by atoms with Crippen molar-refractivity contribution in [2.45, 2.75) is 32.1 Å². The van der Waals surface area contributed by atoms with Crippen LogP contribution in [0.4, 0.5) is 16.2 Å². The zero-order chi connectivity index (χ0) is 20.3. The summed E-state index contributed by atoms with van der Waals surface area (Å²) in [5.74, 6) is 0.876. The lowest BCUT2D eigenvalue weighted by atomic mass is 10.1. The normalized spacial score (nSPS) is 10.5. The van der Waals surface area contributed by atoms with E-state index < -0.39 is 5.97 Å². The summed E-state index contributed by atoms with van der Waals surface area (Å²) in [7, 11) is 0. The standard InChI is InChI=1S/C23H24FN3O2/c24-29-23(28)13-6-1-2-9-17-27(21-12-7-8-16-25-21)22-15-14-20(18-26-22)19-10-4-3-5-11-19/h3-5,7-8,10-12,14-16,18H,1-2,6,9,13,17H2. The SMILES string of the molecule is O=C(CCCCCCN(c1ccccn1)c1ccc(-c2ccccc2)cn1)OF. The van der Waals surface area contributed by atoms with Gasteiger partial charge in [0.2, 0.25) is 0 Å². The van der Waals surface area contributed by atoms with Gasteiger partial charge in [-0.05, 0) is 42.7 Å². The van der Waals surface area contributed by atoms with E-state index in [0.29, 0.717) is 6.42 Å². The summed E-state index contributed by atoms with van der Waals surface area (Å²) in [5.41, 5.74) is 2.19. The molecule has 0 spiro atoms. The molecule has 0 aliphatic rings. The number of carbonyl (C=O) groups is 1. The maximum Gasteiger partial charge on any atom is 0.348 e. The molecule has 0 bridgehead atoms. The highest BCUT2D eigenvalue weighted by Gasteiger charge is 2.12. The Morgan fingerprint density at radius 1 is 0.828 bits per heavy atom. The molecule has 0 N–H and O–H groups in total. The molecule has 150 valence electrons. The number of hydrogen-bond acceptors (Lipinski definition) is 5. The van der Waals surface area contributed by atoms with Gasteiger partial charge in [0, 0.05) is 35.4 Å². The second-order valence-electron chi connectivity index (χ2n) is 6.72. The number of pyridine rings is 2. The Kier molecular flexibility index (Phi) is 7.69. The highest BCUT2D eigenvalue weighted by molar-refractivity contribution is 5.68. The fourth-order valence-electron chi connectivity index (χ4n) is 3.14. The second-order valence-corrected chi connectivity index (χ2v) is 6.72. The van der Waals surface area contributed by atoms with Crippen molar-refractivity contribution in [1.82, 2.24) is 9.97 Å². The molecular weight excluding hydrogens is 369 g/mol. The number of carbonyl (C=O) groups excluding carboxylic acids is 1. The number of benzene rings is 1. The molecule has 3 aromatic rings. The van der Waals surface area contributed by atoms with Crippen LogP contribution in [0.1, 0.15) is 32.1 Å². The average Bonchev–Trinajstić information content (AvgIpc) is 2.80. The first-order chi connectivity index (χ1) is 14.3. The van der Waals surface area contributed by atoms with Crippen molar-refractivity contribution in [3.63, 3.8) is 0 Å². The molecule has 3 rings (SSSR count). The molecule has 2 heterocycles.